The van der Waals surface area contributed by atoms with E-state index in [1.165, 1.54) is 6.92 Å². The molecule has 4 atom stereocenters. The Morgan fingerprint density at radius 3 is 2.29 bits per heavy atom. The molecular formula is C9H18N2O3. The number of hydrogen-bond donors (Lipinski definition) is 4. The maximum absolute atomic E-state index is 10.8. The maximum Gasteiger partial charge on any atom is 0.217 e. The van der Waals surface area contributed by atoms with Gasteiger partial charge in [-0.25, -0.2) is 0 Å². The van der Waals surface area contributed by atoms with Gasteiger partial charge in [0.2, 0.25) is 5.91 Å². The molecular weight excluding hydrogens is 184 g/mol. The van der Waals surface area contributed by atoms with Crippen molar-refractivity contribution in [1.29, 1.82) is 0 Å². The van der Waals surface area contributed by atoms with Crippen molar-refractivity contribution in [2.45, 2.75) is 44.1 Å². The number of carbonyl (C=O) groups excluding carboxylic acids is 1. The van der Waals surface area contributed by atoms with Crippen LogP contribution < -0.4 is 10.6 Å². The van der Waals surface area contributed by atoms with Crippen LogP contribution >= 0.6 is 0 Å². The van der Waals surface area contributed by atoms with Gasteiger partial charge in [0.05, 0.1) is 18.2 Å². The Labute approximate surface area is 83.5 Å². The fourth-order valence-corrected chi connectivity index (χ4v) is 1.89. The average Bonchev–Trinajstić information content (AvgIpc) is 2.09. The predicted molar refractivity (Wildman–Crippen MR) is 51.7 cm³/mol. The van der Waals surface area contributed by atoms with Crippen LogP contribution in [-0.4, -0.2) is 47.5 Å². The molecule has 0 aromatic rings. The first-order valence-electron chi connectivity index (χ1n) is 4.85. The summed E-state index contributed by atoms with van der Waals surface area (Å²) in [6.07, 6.45) is -0.340. The molecule has 0 heterocycles. The van der Waals surface area contributed by atoms with E-state index in [1.54, 1.807) is 7.05 Å². The standard InChI is InChI=1S/C9H18N2O3/c1-5(12)11-7-3-6(10-2)8(13)4-9(7)14/h6-10,13-14H,3-4H2,1-2H3,(H,11,12). The molecule has 0 aliphatic heterocycles. The number of aliphatic hydroxyl groups excluding tert-OH is 2. The highest BCUT2D eigenvalue weighted by molar-refractivity contribution is 5.73. The van der Waals surface area contributed by atoms with Gasteiger partial charge in [0.25, 0.3) is 0 Å². The molecule has 0 bridgehead atoms. The van der Waals surface area contributed by atoms with Crippen LogP contribution in [0.5, 0.6) is 0 Å². The highest BCUT2D eigenvalue weighted by Crippen LogP contribution is 2.19. The minimum absolute atomic E-state index is 0.0600. The Balaban J connectivity index is 2.55. The van der Waals surface area contributed by atoms with Gasteiger partial charge in [0.1, 0.15) is 0 Å². The van der Waals surface area contributed by atoms with E-state index >= 15 is 0 Å². The summed E-state index contributed by atoms with van der Waals surface area (Å²) in [6, 6.07) is -0.316. The predicted octanol–water partition coefficient (Wildman–Crippen LogP) is -1.41. The number of amides is 1. The first-order chi connectivity index (χ1) is 6.54. The Bertz CT molecular complexity index is 210. The van der Waals surface area contributed by atoms with Crippen molar-refractivity contribution < 1.29 is 15.0 Å². The summed E-state index contributed by atoms with van der Waals surface area (Å²) in [5.74, 6) is -0.153. The molecule has 1 rings (SSSR count). The summed E-state index contributed by atoms with van der Waals surface area (Å²) in [6.45, 7) is 1.42. The van der Waals surface area contributed by atoms with Crippen molar-refractivity contribution in [3.05, 3.63) is 0 Å². The van der Waals surface area contributed by atoms with Crippen LogP contribution in [0.25, 0.3) is 0 Å². The van der Waals surface area contributed by atoms with Crippen LogP contribution in [0.2, 0.25) is 0 Å². The molecule has 1 aliphatic carbocycles. The number of hydrogen-bond acceptors (Lipinski definition) is 4. The molecule has 82 valence electrons. The second-order valence-corrected chi connectivity index (χ2v) is 3.81. The molecule has 0 aromatic heterocycles. The second kappa shape index (κ2) is 4.72. The lowest BCUT2D eigenvalue weighted by atomic mass is 9.86. The summed E-state index contributed by atoms with van der Waals surface area (Å²) in [4.78, 5) is 10.8. The van der Waals surface area contributed by atoms with Gasteiger partial charge in [0, 0.05) is 19.4 Å². The molecule has 5 nitrogen and oxygen atoms in total. The van der Waals surface area contributed by atoms with Crippen LogP contribution in [-0.2, 0) is 4.79 Å². The summed E-state index contributed by atoms with van der Waals surface area (Å²) >= 11 is 0. The van der Waals surface area contributed by atoms with Crippen LogP contribution in [0.3, 0.4) is 0 Å². The zero-order chi connectivity index (χ0) is 10.7. The Morgan fingerprint density at radius 1 is 1.21 bits per heavy atom. The lowest BCUT2D eigenvalue weighted by Gasteiger charge is -2.36. The minimum Gasteiger partial charge on any atom is -0.391 e. The smallest absolute Gasteiger partial charge is 0.217 e. The van der Waals surface area contributed by atoms with Gasteiger partial charge >= 0.3 is 0 Å². The van der Waals surface area contributed by atoms with E-state index in [0.29, 0.717) is 12.8 Å². The summed E-state index contributed by atoms with van der Waals surface area (Å²) in [7, 11) is 1.76. The fourth-order valence-electron chi connectivity index (χ4n) is 1.89. The van der Waals surface area contributed by atoms with E-state index < -0.39 is 12.2 Å². The maximum atomic E-state index is 10.8. The molecule has 0 spiro atoms. The van der Waals surface area contributed by atoms with E-state index in [9.17, 15) is 15.0 Å². The van der Waals surface area contributed by atoms with Crippen LogP contribution in [0.1, 0.15) is 19.8 Å². The monoisotopic (exact) mass is 202 g/mol. The molecule has 1 amide bonds. The van der Waals surface area contributed by atoms with Crippen molar-refractivity contribution in [2.75, 3.05) is 7.05 Å². The molecule has 1 saturated carbocycles. The van der Waals surface area contributed by atoms with Crippen LogP contribution in [0, 0.1) is 0 Å². The lowest BCUT2D eigenvalue weighted by Crippen LogP contribution is -2.55. The Hall–Kier alpha value is -0.650. The van der Waals surface area contributed by atoms with E-state index in [0.717, 1.165) is 0 Å². The number of aliphatic hydroxyl groups is 2. The van der Waals surface area contributed by atoms with Crippen molar-refractivity contribution in [3.63, 3.8) is 0 Å². The number of likely N-dealkylation sites (N-methyl/N-ethyl adjacent to an activating group) is 1. The highest BCUT2D eigenvalue weighted by Gasteiger charge is 2.34. The number of rotatable bonds is 2. The van der Waals surface area contributed by atoms with Gasteiger partial charge in [-0.15, -0.1) is 0 Å². The lowest BCUT2D eigenvalue weighted by molar-refractivity contribution is -0.121. The normalized spacial score (nSPS) is 38.0. The Morgan fingerprint density at radius 2 is 1.79 bits per heavy atom. The molecule has 4 N–H and O–H groups in total. The zero-order valence-electron chi connectivity index (χ0n) is 8.53. The summed E-state index contributed by atoms with van der Waals surface area (Å²) < 4.78 is 0. The third-order valence-corrected chi connectivity index (χ3v) is 2.68. The molecule has 4 unspecified atom stereocenters. The van der Waals surface area contributed by atoms with Gasteiger partial charge in [-0.05, 0) is 13.5 Å². The Kier molecular flexibility index (Phi) is 3.86. The summed E-state index contributed by atoms with van der Waals surface area (Å²) in [5, 5.41) is 24.8. The van der Waals surface area contributed by atoms with Crippen LogP contribution in [0.4, 0.5) is 0 Å². The molecule has 14 heavy (non-hydrogen) atoms. The summed E-state index contributed by atoms with van der Waals surface area (Å²) in [5.41, 5.74) is 0. The fraction of sp³-hybridized carbons (Fsp3) is 0.889. The van der Waals surface area contributed by atoms with Crippen molar-refractivity contribution >= 4 is 5.91 Å². The number of nitrogens with one attached hydrogen (secondary N) is 2. The van der Waals surface area contributed by atoms with E-state index in [2.05, 4.69) is 10.6 Å². The second-order valence-electron chi connectivity index (χ2n) is 3.81. The quantitative estimate of drug-likeness (QED) is 0.444. The number of carbonyl (C=O) groups is 1. The molecule has 5 heteroatoms. The van der Waals surface area contributed by atoms with Gasteiger partial charge < -0.3 is 20.8 Å². The highest BCUT2D eigenvalue weighted by atomic mass is 16.3. The van der Waals surface area contributed by atoms with E-state index in [4.69, 9.17) is 0 Å². The van der Waals surface area contributed by atoms with E-state index in [-0.39, 0.29) is 18.0 Å². The SMILES string of the molecule is CNC1CC(NC(C)=O)C(O)CC1O. The van der Waals surface area contributed by atoms with Gasteiger partial charge in [-0.3, -0.25) is 4.79 Å². The van der Waals surface area contributed by atoms with Crippen molar-refractivity contribution in [2.24, 2.45) is 0 Å². The first kappa shape index (κ1) is 11.4. The zero-order valence-corrected chi connectivity index (χ0v) is 8.53. The molecule has 0 radical (unpaired) electrons. The third kappa shape index (κ3) is 2.67. The molecule has 1 fully saturated rings. The first-order valence-corrected chi connectivity index (χ1v) is 4.85. The average molecular weight is 202 g/mol. The molecule has 0 aromatic carbocycles. The van der Waals surface area contributed by atoms with Crippen LogP contribution in [0.15, 0.2) is 0 Å². The molecule has 1 aliphatic rings. The largest absolute Gasteiger partial charge is 0.391 e. The van der Waals surface area contributed by atoms with Crippen molar-refractivity contribution in [1.82, 2.24) is 10.6 Å². The minimum atomic E-state index is -0.654. The van der Waals surface area contributed by atoms with Gasteiger partial charge in [0.15, 0.2) is 0 Å². The van der Waals surface area contributed by atoms with Crippen molar-refractivity contribution in [3.8, 4) is 0 Å². The van der Waals surface area contributed by atoms with Gasteiger partial charge in [-0.2, -0.15) is 0 Å². The molecule has 0 saturated heterocycles. The topological polar surface area (TPSA) is 81.6 Å². The van der Waals surface area contributed by atoms with Gasteiger partial charge in [-0.1, -0.05) is 0 Å². The van der Waals surface area contributed by atoms with E-state index in [1.807, 2.05) is 0 Å². The third-order valence-electron chi connectivity index (χ3n) is 2.68.